The van der Waals surface area contributed by atoms with Crippen LogP contribution < -0.4 is 5.43 Å². The second kappa shape index (κ2) is 5.62. The van der Waals surface area contributed by atoms with Crippen LogP contribution in [0.1, 0.15) is 25.7 Å². The van der Waals surface area contributed by atoms with Gasteiger partial charge in [0.25, 0.3) is 0 Å². The number of carbonyl (C=O) groups is 1. The van der Waals surface area contributed by atoms with Crippen molar-refractivity contribution < 1.29 is 18.0 Å². The van der Waals surface area contributed by atoms with Gasteiger partial charge in [0.15, 0.2) is 0 Å². The predicted octanol–water partition coefficient (Wildman–Crippen LogP) is 3.48. The van der Waals surface area contributed by atoms with Crippen molar-refractivity contribution in [3.05, 3.63) is 30.6 Å². The van der Waals surface area contributed by atoms with Crippen LogP contribution in [0.2, 0.25) is 0 Å². The summed E-state index contributed by atoms with van der Waals surface area (Å²) in [5, 5.41) is 0. The van der Waals surface area contributed by atoms with Crippen molar-refractivity contribution in [3.63, 3.8) is 0 Å². The number of para-hydroxylation sites is 2. The number of halogens is 3. The fourth-order valence-electron chi connectivity index (χ4n) is 2.98. The van der Waals surface area contributed by atoms with Gasteiger partial charge in [-0.05, 0) is 31.4 Å². The molecule has 0 radical (unpaired) electrons. The van der Waals surface area contributed by atoms with Gasteiger partial charge in [-0.15, -0.1) is 0 Å². The zero-order valence-corrected chi connectivity index (χ0v) is 11.8. The van der Waals surface area contributed by atoms with Crippen LogP contribution >= 0.6 is 0 Å². The highest BCUT2D eigenvalue weighted by Crippen LogP contribution is 2.40. The van der Waals surface area contributed by atoms with E-state index in [9.17, 15) is 18.0 Å². The largest absolute Gasteiger partial charge is 0.391 e. The van der Waals surface area contributed by atoms with Crippen LogP contribution in [-0.4, -0.2) is 21.7 Å². The lowest BCUT2D eigenvalue weighted by Crippen LogP contribution is -2.36. The van der Waals surface area contributed by atoms with Crippen molar-refractivity contribution in [2.75, 3.05) is 5.43 Å². The Morgan fingerprint density at radius 3 is 2.82 bits per heavy atom. The van der Waals surface area contributed by atoms with Crippen molar-refractivity contribution in [3.8, 4) is 0 Å². The van der Waals surface area contributed by atoms with E-state index in [4.69, 9.17) is 0 Å². The lowest BCUT2D eigenvalue weighted by molar-refractivity contribution is -0.185. The Bertz CT molecular complexity index is 680. The van der Waals surface area contributed by atoms with Crippen molar-refractivity contribution in [1.29, 1.82) is 0 Å². The zero-order chi connectivity index (χ0) is 15.7. The Kier molecular flexibility index (Phi) is 3.80. The van der Waals surface area contributed by atoms with Gasteiger partial charge in [0.2, 0.25) is 5.91 Å². The summed E-state index contributed by atoms with van der Waals surface area (Å²) < 4.78 is 39.9. The number of aromatic nitrogens is 2. The second-order valence-electron chi connectivity index (χ2n) is 5.68. The molecule has 0 bridgehead atoms. The lowest BCUT2D eigenvalue weighted by Gasteiger charge is -2.29. The maximum absolute atomic E-state index is 12.8. The van der Waals surface area contributed by atoms with Crippen LogP contribution in [-0.2, 0) is 4.79 Å². The summed E-state index contributed by atoms with van der Waals surface area (Å²) in [4.78, 5) is 16.4. The van der Waals surface area contributed by atoms with E-state index >= 15 is 0 Å². The second-order valence-corrected chi connectivity index (χ2v) is 5.68. The Labute approximate surface area is 125 Å². The normalized spacial score (nSPS) is 22.7. The average Bonchev–Trinajstić information content (AvgIpc) is 2.90. The molecule has 0 spiro atoms. The average molecular weight is 311 g/mol. The maximum Gasteiger partial charge on any atom is 0.391 e. The van der Waals surface area contributed by atoms with E-state index in [2.05, 4.69) is 10.4 Å². The number of rotatable bonds is 2. The van der Waals surface area contributed by atoms with Crippen molar-refractivity contribution in [1.82, 2.24) is 9.66 Å². The Hall–Kier alpha value is -2.05. The molecule has 1 N–H and O–H groups in total. The van der Waals surface area contributed by atoms with E-state index < -0.39 is 18.0 Å². The molecule has 22 heavy (non-hydrogen) atoms. The van der Waals surface area contributed by atoms with Crippen LogP contribution in [0.3, 0.4) is 0 Å². The summed E-state index contributed by atoms with van der Waals surface area (Å²) >= 11 is 0. The van der Waals surface area contributed by atoms with E-state index in [0.717, 1.165) is 11.0 Å². The molecule has 1 amide bonds. The summed E-state index contributed by atoms with van der Waals surface area (Å²) in [6.07, 6.45) is -1.87. The molecule has 1 aromatic carbocycles. The smallest absolute Gasteiger partial charge is 0.273 e. The molecule has 0 saturated heterocycles. The third kappa shape index (κ3) is 2.93. The van der Waals surface area contributed by atoms with Gasteiger partial charge in [-0.25, -0.2) is 9.66 Å². The first kappa shape index (κ1) is 14.9. The molecule has 7 heteroatoms. The number of nitrogens with one attached hydrogen (secondary N) is 1. The van der Waals surface area contributed by atoms with Crippen LogP contribution in [0.25, 0.3) is 11.0 Å². The first-order valence-corrected chi connectivity index (χ1v) is 7.25. The molecule has 1 saturated carbocycles. The number of hydrogen-bond donors (Lipinski definition) is 1. The van der Waals surface area contributed by atoms with Crippen LogP contribution in [0, 0.1) is 11.8 Å². The summed E-state index contributed by atoms with van der Waals surface area (Å²) in [7, 11) is 0. The number of amides is 1. The van der Waals surface area contributed by atoms with Gasteiger partial charge in [0.1, 0.15) is 6.33 Å². The molecular formula is C15H16F3N3O. The van der Waals surface area contributed by atoms with Gasteiger partial charge in [-0.3, -0.25) is 10.2 Å². The van der Waals surface area contributed by atoms with E-state index in [1.165, 1.54) is 11.0 Å². The first-order valence-electron chi connectivity index (χ1n) is 7.25. The summed E-state index contributed by atoms with van der Waals surface area (Å²) in [6.45, 7) is 0. The monoisotopic (exact) mass is 311 g/mol. The molecule has 4 nitrogen and oxygen atoms in total. The van der Waals surface area contributed by atoms with E-state index in [0.29, 0.717) is 12.8 Å². The van der Waals surface area contributed by atoms with Gasteiger partial charge in [-0.1, -0.05) is 18.6 Å². The number of alkyl halides is 3. The first-order chi connectivity index (χ1) is 10.4. The number of fused-ring (bicyclic) bond motifs is 1. The van der Waals surface area contributed by atoms with Gasteiger partial charge >= 0.3 is 6.18 Å². The Morgan fingerprint density at radius 2 is 2.05 bits per heavy atom. The number of imidazole rings is 1. The zero-order valence-electron chi connectivity index (χ0n) is 11.8. The van der Waals surface area contributed by atoms with Gasteiger partial charge < -0.3 is 0 Å². The van der Waals surface area contributed by atoms with Crippen molar-refractivity contribution in [2.45, 2.75) is 31.9 Å². The third-order valence-corrected chi connectivity index (χ3v) is 4.19. The van der Waals surface area contributed by atoms with Crippen LogP contribution in [0.15, 0.2) is 30.6 Å². The molecule has 0 unspecified atom stereocenters. The molecule has 2 atom stereocenters. The third-order valence-electron chi connectivity index (χ3n) is 4.19. The molecule has 1 aromatic heterocycles. The van der Waals surface area contributed by atoms with Crippen LogP contribution in [0.4, 0.5) is 13.2 Å². The molecule has 118 valence electrons. The molecule has 1 aliphatic rings. The highest BCUT2D eigenvalue weighted by atomic mass is 19.4. The molecule has 2 aromatic rings. The van der Waals surface area contributed by atoms with Crippen molar-refractivity contribution in [2.24, 2.45) is 11.8 Å². The molecule has 1 fully saturated rings. The summed E-state index contributed by atoms with van der Waals surface area (Å²) in [6, 6.07) is 7.24. The SMILES string of the molecule is O=C(Nn1cnc2ccccc21)[C@@H]1CCC[C@H](C(F)(F)F)C1. The quantitative estimate of drug-likeness (QED) is 0.923. The number of carbonyl (C=O) groups excluding carboxylic acids is 1. The topological polar surface area (TPSA) is 46.9 Å². The molecule has 1 aliphatic carbocycles. The minimum Gasteiger partial charge on any atom is -0.273 e. The highest BCUT2D eigenvalue weighted by Gasteiger charge is 2.43. The Balaban J connectivity index is 1.71. The summed E-state index contributed by atoms with van der Waals surface area (Å²) in [5.74, 6) is -2.37. The van der Waals surface area contributed by atoms with E-state index in [-0.39, 0.29) is 18.7 Å². The minimum absolute atomic E-state index is 0.112. The fourth-order valence-corrected chi connectivity index (χ4v) is 2.98. The maximum atomic E-state index is 12.8. The molecular weight excluding hydrogens is 295 g/mol. The molecule has 0 aliphatic heterocycles. The summed E-state index contributed by atoms with van der Waals surface area (Å²) in [5.41, 5.74) is 4.10. The van der Waals surface area contributed by atoms with Gasteiger partial charge in [-0.2, -0.15) is 13.2 Å². The van der Waals surface area contributed by atoms with E-state index in [1.54, 1.807) is 12.1 Å². The van der Waals surface area contributed by atoms with Crippen molar-refractivity contribution >= 4 is 16.9 Å². The standard InChI is InChI=1S/C15H16F3N3O/c16-15(17,18)11-5-3-4-10(8-11)14(22)20-21-9-19-12-6-1-2-7-13(12)21/h1-2,6-7,9-11H,3-5,8H2,(H,20,22)/t10-,11+/m1/s1. The van der Waals surface area contributed by atoms with Crippen LogP contribution in [0.5, 0.6) is 0 Å². The fraction of sp³-hybridized carbons (Fsp3) is 0.467. The number of benzene rings is 1. The minimum atomic E-state index is -4.22. The van der Waals surface area contributed by atoms with Gasteiger partial charge in [0.05, 0.1) is 17.0 Å². The number of nitrogens with zero attached hydrogens (tertiary/aromatic N) is 2. The van der Waals surface area contributed by atoms with E-state index in [1.807, 2.05) is 12.1 Å². The lowest BCUT2D eigenvalue weighted by atomic mass is 9.80. The Morgan fingerprint density at radius 1 is 1.27 bits per heavy atom. The number of hydrogen-bond acceptors (Lipinski definition) is 2. The molecule has 1 heterocycles. The van der Waals surface area contributed by atoms with Gasteiger partial charge in [0, 0.05) is 5.92 Å². The highest BCUT2D eigenvalue weighted by molar-refractivity contribution is 5.88. The molecule has 3 rings (SSSR count). The predicted molar refractivity (Wildman–Crippen MR) is 75.6 cm³/mol.